The summed E-state index contributed by atoms with van der Waals surface area (Å²) >= 11 is 0. The van der Waals surface area contributed by atoms with Gasteiger partial charge in [-0.2, -0.15) is 0 Å². The van der Waals surface area contributed by atoms with Crippen molar-refractivity contribution >= 4 is 17.9 Å². The van der Waals surface area contributed by atoms with Gasteiger partial charge in [0.1, 0.15) is 13.2 Å². The average Bonchev–Trinajstić information content (AvgIpc) is 3.46. The molecule has 0 aliphatic rings. The minimum absolute atomic E-state index is 0.0661. The summed E-state index contributed by atoms with van der Waals surface area (Å²) in [6.07, 6.45) is 84.9. The van der Waals surface area contributed by atoms with E-state index < -0.39 is 6.10 Å². The van der Waals surface area contributed by atoms with Gasteiger partial charge in [-0.25, -0.2) is 0 Å². The largest absolute Gasteiger partial charge is 0.462 e. The molecular weight excluding hydrogens is 985 g/mol. The minimum atomic E-state index is -0.771. The van der Waals surface area contributed by atoms with Gasteiger partial charge in [0.25, 0.3) is 0 Å². The molecule has 0 saturated carbocycles. The Morgan fingerprint density at radius 1 is 0.250 bits per heavy atom. The summed E-state index contributed by atoms with van der Waals surface area (Å²) in [6, 6.07) is 0. The molecule has 0 aromatic carbocycles. The van der Waals surface area contributed by atoms with Crippen molar-refractivity contribution < 1.29 is 28.6 Å². The Kier molecular flexibility index (Phi) is 67.6. The normalized spacial score (nSPS) is 12.1. The molecule has 0 aliphatic carbocycles. The molecule has 0 rings (SSSR count). The summed E-state index contributed by atoms with van der Waals surface area (Å²) in [5.41, 5.74) is 0. The zero-order chi connectivity index (χ0) is 57.8. The van der Waals surface area contributed by atoms with Gasteiger partial charge in [0.15, 0.2) is 6.10 Å². The summed E-state index contributed by atoms with van der Waals surface area (Å²) in [7, 11) is 0. The second kappa shape index (κ2) is 69.4. The number of hydrogen-bond acceptors (Lipinski definition) is 6. The zero-order valence-electron chi connectivity index (χ0n) is 54.4. The Hall–Kier alpha value is -2.11. The maximum absolute atomic E-state index is 13.0. The quantitative estimate of drug-likeness (QED) is 0.0261. The zero-order valence-corrected chi connectivity index (χ0v) is 54.4. The Morgan fingerprint density at radius 3 is 0.713 bits per heavy atom. The third kappa shape index (κ3) is 66.7. The lowest BCUT2D eigenvalue weighted by molar-refractivity contribution is -0.167. The number of hydrogen-bond donors (Lipinski definition) is 0. The Labute approximate surface area is 500 Å². The molecular formula is C74H140O6. The molecule has 0 spiro atoms. The SMILES string of the molecule is CCCCC/C=C\C/C=C\CCCCCCCCCCCC(=O)OC(COC(=O)CCCCCCCCCCCCCCCCCCCCC)COC(=O)CCCCCCCCCCCCCCCCCCCCCCCCCC. The predicted octanol–water partition coefficient (Wildman–Crippen LogP) is 25.0. The number of allylic oxidation sites excluding steroid dienone is 4. The summed E-state index contributed by atoms with van der Waals surface area (Å²) in [5.74, 6) is -0.834. The van der Waals surface area contributed by atoms with Crippen molar-refractivity contribution in [3.05, 3.63) is 24.3 Å². The van der Waals surface area contributed by atoms with Crippen molar-refractivity contribution in [2.45, 2.75) is 419 Å². The highest BCUT2D eigenvalue weighted by molar-refractivity contribution is 5.71. The van der Waals surface area contributed by atoms with Gasteiger partial charge >= 0.3 is 17.9 Å². The smallest absolute Gasteiger partial charge is 0.306 e. The molecule has 6 nitrogen and oxygen atoms in total. The van der Waals surface area contributed by atoms with Gasteiger partial charge in [-0.1, -0.05) is 366 Å². The maximum Gasteiger partial charge on any atom is 0.306 e. The highest BCUT2D eigenvalue weighted by Crippen LogP contribution is 2.19. The first-order chi connectivity index (χ1) is 39.5. The molecule has 0 aliphatic heterocycles. The third-order valence-corrected chi connectivity index (χ3v) is 16.7. The minimum Gasteiger partial charge on any atom is -0.462 e. The molecule has 0 fully saturated rings. The van der Waals surface area contributed by atoms with E-state index in [1.807, 2.05) is 0 Å². The molecule has 472 valence electrons. The van der Waals surface area contributed by atoms with E-state index in [0.29, 0.717) is 19.3 Å². The first kappa shape index (κ1) is 77.9. The van der Waals surface area contributed by atoms with E-state index in [2.05, 4.69) is 45.1 Å². The van der Waals surface area contributed by atoms with Gasteiger partial charge in [-0.3, -0.25) is 14.4 Å². The number of carbonyl (C=O) groups excluding carboxylic acids is 3. The standard InChI is InChI=1S/C74H140O6/c1-4-7-10-13-16-19-22-25-28-31-34-35-36-37-38-41-43-46-49-52-55-58-61-64-67-73(76)79-70-71(80-74(77)68-65-62-59-56-53-50-47-44-40-33-30-27-24-21-18-15-12-9-6-3)69-78-72(75)66-63-60-57-54-51-48-45-42-39-32-29-26-23-20-17-14-11-8-5-2/h18,21,27,30,71H,4-17,19-20,22-26,28-29,31-70H2,1-3H3/b21-18-,30-27-. The Bertz CT molecular complexity index is 1290. The van der Waals surface area contributed by atoms with Crippen LogP contribution < -0.4 is 0 Å². The Balaban J connectivity index is 4.27. The lowest BCUT2D eigenvalue weighted by Crippen LogP contribution is -2.30. The molecule has 0 amide bonds. The van der Waals surface area contributed by atoms with Crippen LogP contribution in [0.2, 0.25) is 0 Å². The van der Waals surface area contributed by atoms with E-state index in [9.17, 15) is 14.4 Å². The molecule has 0 aromatic heterocycles. The monoisotopic (exact) mass is 1130 g/mol. The van der Waals surface area contributed by atoms with Crippen LogP contribution in [0.25, 0.3) is 0 Å². The number of carbonyl (C=O) groups is 3. The first-order valence-electron chi connectivity index (χ1n) is 36.3. The fourth-order valence-electron chi connectivity index (χ4n) is 11.2. The lowest BCUT2D eigenvalue weighted by atomic mass is 10.0. The van der Waals surface area contributed by atoms with Gasteiger partial charge in [0.2, 0.25) is 0 Å². The second-order valence-corrected chi connectivity index (χ2v) is 24.9. The second-order valence-electron chi connectivity index (χ2n) is 24.9. The van der Waals surface area contributed by atoms with Crippen LogP contribution >= 0.6 is 0 Å². The Morgan fingerprint density at radius 2 is 0.450 bits per heavy atom. The molecule has 1 atom stereocenters. The first-order valence-corrected chi connectivity index (χ1v) is 36.3. The van der Waals surface area contributed by atoms with Crippen LogP contribution in [-0.2, 0) is 28.6 Å². The molecule has 0 bridgehead atoms. The van der Waals surface area contributed by atoms with E-state index in [4.69, 9.17) is 14.2 Å². The van der Waals surface area contributed by atoms with Crippen molar-refractivity contribution in [2.24, 2.45) is 0 Å². The predicted molar refractivity (Wildman–Crippen MR) is 349 cm³/mol. The van der Waals surface area contributed by atoms with E-state index in [0.717, 1.165) is 64.2 Å². The van der Waals surface area contributed by atoms with Gasteiger partial charge in [-0.05, 0) is 51.4 Å². The van der Waals surface area contributed by atoms with Crippen LogP contribution in [0.5, 0.6) is 0 Å². The van der Waals surface area contributed by atoms with Crippen LogP contribution in [0.3, 0.4) is 0 Å². The molecule has 1 unspecified atom stereocenters. The fraction of sp³-hybridized carbons (Fsp3) is 0.905. The van der Waals surface area contributed by atoms with Crippen LogP contribution in [0.1, 0.15) is 412 Å². The van der Waals surface area contributed by atoms with Gasteiger partial charge < -0.3 is 14.2 Å². The van der Waals surface area contributed by atoms with Gasteiger partial charge in [0.05, 0.1) is 0 Å². The molecule has 0 radical (unpaired) electrons. The number of ether oxygens (including phenoxy) is 3. The molecule has 0 heterocycles. The van der Waals surface area contributed by atoms with Gasteiger partial charge in [-0.15, -0.1) is 0 Å². The van der Waals surface area contributed by atoms with Crippen molar-refractivity contribution in [1.29, 1.82) is 0 Å². The highest BCUT2D eigenvalue weighted by Gasteiger charge is 2.19. The van der Waals surface area contributed by atoms with Gasteiger partial charge in [0, 0.05) is 19.3 Å². The molecule has 80 heavy (non-hydrogen) atoms. The summed E-state index contributed by atoms with van der Waals surface area (Å²) in [5, 5.41) is 0. The lowest BCUT2D eigenvalue weighted by Gasteiger charge is -2.18. The summed E-state index contributed by atoms with van der Waals surface area (Å²) < 4.78 is 17.0. The van der Waals surface area contributed by atoms with Crippen molar-refractivity contribution in [2.75, 3.05) is 13.2 Å². The van der Waals surface area contributed by atoms with Crippen molar-refractivity contribution in [1.82, 2.24) is 0 Å². The number of rotatable bonds is 68. The van der Waals surface area contributed by atoms with Crippen molar-refractivity contribution in [3.63, 3.8) is 0 Å². The summed E-state index contributed by atoms with van der Waals surface area (Å²) in [4.78, 5) is 38.5. The number of esters is 3. The molecule has 0 N–H and O–H groups in total. The van der Waals surface area contributed by atoms with Crippen molar-refractivity contribution in [3.8, 4) is 0 Å². The van der Waals surface area contributed by atoms with Crippen LogP contribution in [0, 0.1) is 0 Å². The van der Waals surface area contributed by atoms with E-state index in [-0.39, 0.29) is 31.1 Å². The molecule has 0 saturated heterocycles. The van der Waals surface area contributed by atoms with E-state index in [1.54, 1.807) is 0 Å². The van der Waals surface area contributed by atoms with Crippen LogP contribution in [0.15, 0.2) is 24.3 Å². The molecule has 0 aromatic rings. The molecule has 6 heteroatoms. The number of unbranched alkanes of at least 4 members (excludes halogenated alkanes) is 53. The summed E-state index contributed by atoms with van der Waals surface area (Å²) in [6.45, 7) is 6.71. The van der Waals surface area contributed by atoms with Crippen LogP contribution in [0.4, 0.5) is 0 Å². The van der Waals surface area contributed by atoms with E-state index in [1.165, 1.54) is 308 Å². The fourth-order valence-corrected chi connectivity index (χ4v) is 11.2. The van der Waals surface area contributed by atoms with Crippen LogP contribution in [-0.4, -0.2) is 37.2 Å². The third-order valence-electron chi connectivity index (χ3n) is 16.7. The topological polar surface area (TPSA) is 78.9 Å². The average molecular weight is 1130 g/mol. The highest BCUT2D eigenvalue weighted by atomic mass is 16.6. The maximum atomic E-state index is 13.0. The van der Waals surface area contributed by atoms with E-state index >= 15 is 0 Å².